The molecule has 0 aliphatic carbocycles. The van der Waals surface area contributed by atoms with Gasteiger partial charge in [0.25, 0.3) is 0 Å². The van der Waals surface area contributed by atoms with E-state index in [1.807, 2.05) is 44.6 Å². The van der Waals surface area contributed by atoms with E-state index in [0.29, 0.717) is 13.2 Å². The SMILES string of the molecule is CC(C)C(O)n1cc(-c2c(C3CCOCC3)n(-c3ccc(F)cc3)c3cc4cn[nH]c4cc23)cn1. The number of aliphatic hydroxyl groups is 1. The van der Waals surface area contributed by atoms with E-state index >= 15 is 0 Å². The standard InChI is InChI=1S/C27H28FN5O2/c1-16(2)27(34)32-15-19(14-30-32)25-22-12-23-18(13-29-31-23)11-24(22)33(21-5-3-20(28)4-6-21)26(25)17-7-9-35-10-8-17/h3-6,11-17,27,34H,7-10H2,1-2H3,(H,29,31). The van der Waals surface area contributed by atoms with Crippen molar-refractivity contribution in [3.8, 4) is 16.8 Å². The molecule has 4 heterocycles. The Balaban J connectivity index is 1.68. The van der Waals surface area contributed by atoms with Crippen LogP contribution < -0.4 is 0 Å². The van der Waals surface area contributed by atoms with Gasteiger partial charge in [-0.3, -0.25) is 5.10 Å². The normalized spacial score (nSPS) is 16.0. The van der Waals surface area contributed by atoms with Crippen molar-refractivity contribution in [2.45, 2.75) is 38.8 Å². The summed E-state index contributed by atoms with van der Waals surface area (Å²) in [4.78, 5) is 0. The maximum absolute atomic E-state index is 13.9. The molecule has 1 aliphatic heterocycles. The molecule has 2 N–H and O–H groups in total. The van der Waals surface area contributed by atoms with Crippen LogP contribution in [-0.2, 0) is 4.74 Å². The van der Waals surface area contributed by atoms with Crippen LogP contribution in [0.25, 0.3) is 38.6 Å². The van der Waals surface area contributed by atoms with Crippen molar-refractivity contribution in [2.75, 3.05) is 13.2 Å². The third kappa shape index (κ3) is 3.73. The Bertz CT molecular complexity index is 1490. The molecule has 0 spiro atoms. The zero-order valence-corrected chi connectivity index (χ0v) is 19.8. The number of benzene rings is 2. The van der Waals surface area contributed by atoms with Crippen molar-refractivity contribution in [1.82, 2.24) is 24.5 Å². The van der Waals surface area contributed by atoms with Crippen molar-refractivity contribution < 1.29 is 14.2 Å². The first-order valence-corrected chi connectivity index (χ1v) is 12.1. The number of H-pyrrole nitrogens is 1. The van der Waals surface area contributed by atoms with Gasteiger partial charge in [-0.25, -0.2) is 9.07 Å². The number of halogens is 1. The fourth-order valence-corrected chi connectivity index (χ4v) is 5.19. The molecule has 2 aromatic carbocycles. The molecule has 6 rings (SSSR count). The number of aromatic amines is 1. The Hall–Kier alpha value is -3.49. The van der Waals surface area contributed by atoms with Gasteiger partial charge in [0.2, 0.25) is 0 Å². The first-order chi connectivity index (χ1) is 17.0. The van der Waals surface area contributed by atoms with E-state index in [1.54, 1.807) is 4.68 Å². The highest BCUT2D eigenvalue weighted by atomic mass is 19.1. The number of ether oxygens (including phenoxy) is 1. The van der Waals surface area contributed by atoms with Crippen LogP contribution in [0, 0.1) is 11.7 Å². The maximum Gasteiger partial charge on any atom is 0.149 e. The number of fused-ring (bicyclic) bond motifs is 2. The summed E-state index contributed by atoms with van der Waals surface area (Å²) < 4.78 is 23.5. The van der Waals surface area contributed by atoms with Crippen molar-refractivity contribution in [3.05, 3.63) is 66.5 Å². The Morgan fingerprint density at radius 3 is 2.63 bits per heavy atom. The van der Waals surface area contributed by atoms with Crippen LogP contribution in [-0.4, -0.2) is 42.9 Å². The smallest absolute Gasteiger partial charge is 0.149 e. The molecule has 0 radical (unpaired) electrons. The summed E-state index contributed by atoms with van der Waals surface area (Å²) >= 11 is 0. The molecule has 1 unspecified atom stereocenters. The average Bonchev–Trinajstić information content (AvgIpc) is 3.60. The Morgan fingerprint density at radius 2 is 1.89 bits per heavy atom. The van der Waals surface area contributed by atoms with E-state index in [4.69, 9.17) is 4.74 Å². The number of aromatic nitrogens is 5. The van der Waals surface area contributed by atoms with E-state index in [9.17, 15) is 9.50 Å². The van der Waals surface area contributed by atoms with Gasteiger partial charge in [-0.15, -0.1) is 0 Å². The largest absolute Gasteiger partial charge is 0.381 e. The topological polar surface area (TPSA) is 80.9 Å². The van der Waals surface area contributed by atoms with E-state index in [1.165, 1.54) is 12.1 Å². The number of aliphatic hydroxyl groups excluding tert-OH is 1. The highest BCUT2D eigenvalue weighted by Gasteiger charge is 2.29. The number of hydrogen-bond acceptors (Lipinski definition) is 4. The zero-order valence-electron chi connectivity index (χ0n) is 19.8. The fourth-order valence-electron chi connectivity index (χ4n) is 5.19. The lowest BCUT2D eigenvalue weighted by Gasteiger charge is -2.25. The Labute approximate surface area is 202 Å². The van der Waals surface area contributed by atoms with E-state index in [-0.39, 0.29) is 17.7 Å². The average molecular weight is 474 g/mol. The van der Waals surface area contributed by atoms with Crippen molar-refractivity contribution >= 4 is 21.8 Å². The van der Waals surface area contributed by atoms with Crippen molar-refractivity contribution in [3.63, 3.8) is 0 Å². The minimum atomic E-state index is -0.708. The first-order valence-electron chi connectivity index (χ1n) is 12.1. The third-order valence-electron chi connectivity index (χ3n) is 7.01. The summed E-state index contributed by atoms with van der Waals surface area (Å²) in [6, 6.07) is 10.9. The minimum Gasteiger partial charge on any atom is -0.381 e. The van der Waals surface area contributed by atoms with E-state index < -0.39 is 6.23 Å². The molecular formula is C27H28FN5O2. The molecule has 3 aromatic heterocycles. The van der Waals surface area contributed by atoms with Gasteiger partial charge in [-0.05, 0) is 55.2 Å². The molecule has 1 saturated heterocycles. The van der Waals surface area contributed by atoms with Crippen LogP contribution in [0.2, 0.25) is 0 Å². The molecule has 1 atom stereocenters. The molecule has 0 bridgehead atoms. The Kier molecular flexibility index (Phi) is 5.42. The molecular weight excluding hydrogens is 445 g/mol. The predicted octanol–water partition coefficient (Wildman–Crippen LogP) is 5.55. The Morgan fingerprint density at radius 1 is 1.11 bits per heavy atom. The van der Waals surface area contributed by atoms with E-state index in [0.717, 1.165) is 57.2 Å². The minimum absolute atomic E-state index is 0.0305. The lowest BCUT2D eigenvalue weighted by molar-refractivity contribution is 0.0449. The van der Waals surface area contributed by atoms with Gasteiger partial charge in [0.1, 0.15) is 12.0 Å². The summed E-state index contributed by atoms with van der Waals surface area (Å²) in [6.45, 7) is 5.33. The molecule has 35 heavy (non-hydrogen) atoms. The van der Waals surface area contributed by atoms with Crippen molar-refractivity contribution in [1.29, 1.82) is 0 Å². The van der Waals surface area contributed by atoms with Gasteiger partial charge in [-0.1, -0.05) is 13.8 Å². The second kappa shape index (κ2) is 8.62. The highest BCUT2D eigenvalue weighted by molar-refractivity contribution is 6.05. The van der Waals surface area contributed by atoms with Crippen LogP contribution in [0.4, 0.5) is 4.39 Å². The summed E-state index contributed by atoms with van der Waals surface area (Å²) in [5.74, 6) is 0.0214. The summed E-state index contributed by atoms with van der Waals surface area (Å²) in [6.07, 6.45) is 6.66. The lowest BCUT2D eigenvalue weighted by Crippen LogP contribution is -2.17. The second-order valence-corrected chi connectivity index (χ2v) is 9.65. The quantitative estimate of drug-likeness (QED) is 0.351. The molecule has 180 valence electrons. The molecule has 5 aromatic rings. The highest BCUT2D eigenvalue weighted by Crippen LogP contribution is 2.44. The van der Waals surface area contributed by atoms with Crippen LogP contribution in [0.15, 0.2) is 55.0 Å². The van der Waals surface area contributed by atoms with Crippen molar-refractivity contribution in [2.24, 2.45) is 5.92 Å². The first kappa shape index (κ1) is 22.0. The number of nitrogens with one attached hydrogen (secondary N) is 1. The van der Waals surface area contributed by atoms with Gasteiger partial charge in [0.05, 0.1) is 23.4 Å². The number of nitrogens with zero attached hydrogens (tertiary/aromatic N) is 4. The van der Waals surface area contributed by atoms with Crippen LogP contribution >= 0.6 is 0 Å². The van der Waals surface area contributed by atoms with Crippen LogP contribution in [0.3, 0.4) is 0 Å². The van der Waals surface area contributed by atoms with Gasteiger partial charge >= 0.3 is 0 Å². The molecule has 0 amide bonds. The van der Waals surface area contributed by atoms with Crippen LogP contribution in [0.5, 0.6) is 0 Å². The predicted molar refractivity (Wildman–Crippen MR) is 133 cm³/mol. The lowest BCUT2D eigenvalue weighted by atomic mass is 9.91. The van der Waals surface area contributed by atoms with E-state index in [2.05, 4.69) is 32.0 Å². The van der Waals surface area contributed by atoms with Gasteiger partial charge < -0.3 is 14.4 Å². The number of rotatable bonds is 5. The molecule has 0 saturated carbocycles. The summed E-state index contributed by atoms with van der Waals surface area (Å²) in [7, 11) is 0. The molecule has 8 heteroatoms. The monoisotopic (exact) mass is 473 g/mol. The number of hydrogen-bond donors (Lipinski definition) is 2. The van der Waals surface area contributed by atoms with Gasteiger partial charge in [-0.2, -0.15) is 10.2 Å². The molecule has 7 nitrogen and oxygen atoms in total. The summed E-state index contributed by atoms with van der Waals surface area (Å²) in [5.41, 5.74) is 6.06. The molecule has 1 fully saturated rings. The summed E-state index contributed by atoms with van der Waals surface area (Å²) in [5, 5.41) is 24.6. The zero-order chi connectivity index (χ0) is 24.1. The van der Waals surface area contributed by atoms with Gasteiger partial charge in [0.15, 0.2) is 0 Å². The second-order valence-electron chi connectivity index (χ2n) is 9.65. The van der Waals surface area contributed by atoms with Crippen LogP contribution in [0.1, 0.15) is 44.5 Å². The maximum atomic E-state index is 13.9. The fraction of sp³-hybridized carbons (Fsp3) is 0.333. The third-order valence-corrected chi connectivity index (χ3v) is 7.01. The van der Waals surface area contributed by atoms with Gasteiger partial charge in [0, 0.05) is 58.6 Å². The molecule has 1 aliphatic rings.